The fourth-order valence-corrected chi connectivity index (χ4v) is 16.2. The third kappa shape index (κ3) is 30.1. The minimum atomic E-state index is -0.670. The summed E-state index contributed by atoms with van der Waals surface area (Å²) in [4.78, 5) is 63.0. The van der Waals surface area contributed by atoms with Gasteiger partial charge in [0.1, 0.15) is 46.0 Å². The number of nitrogens with zero attached hydrogens (tertiary/aromatic N) is 8. The Labute approximate surface area is 827 Å². The zero-order chi connectivity index (χ0) is 99.4. The van der Waals surface area contributed by atoms with Crippen LogP contribution in [-0.4, -0.2) is 50.3 Å². The van der Waals surface area contributed by atoms with Crippen LogP contribution in [0.2, 0.25) is 0 Å². The average Bonchev–Trinajstić information content (AvgIpc) is 0.753. The highest BCUT2D eigenvalue weighted by molar-refractivity contribution is 5.94. The fraction of sp³-hybridized carbons (Fsp3) is 0.367. The van der Waals surface area contributed by atoms with Gasteiger partial charge in [0.05, 0.1) is 94.2 Å². The number of carbonyl (C=O) groups excluding carboxylic acids is 4. The first kappa shape index (κ1) is 103. The maximum atomic E-state index is 15.7. The maximum absolute atomic E-state index is 15.7. The summed E-state index contributed by atoms with van der Waals surface area (Å²) in [5, 5.41) is 36.5. The van der Waals surface area contributed by atoms with Crippen molar-refractivity contribution in [1.82, 2.24) is 0 Å². The van der Waals surface area contributed by atoms with Gasteiger partial charge in [0, 0.05) is 70.2 Å². The van der Waals surface area contributed by atoms with Crippen LogP contribution < -0.4 is 37.9 Å². The van der Waals surface area contributed by atoms with E-state index in [1.807, 2.05) is 97.1 Å². The van der Waals surface area contributed by atoms with Gasteiger partial charge < -0.3 is 37.9 Å². The number of benzene rings is 12. The monoisotopic (exact) mass is 1880 g/mol. The lowest BCUT2D eigenvalue weighted by atomic mass is 9.79. The Kier molecular flexibility index (Phi) is 36.3. The highest BCUT2D eigenvalue weighted by Gasteiger charge is 2.33. The molecule has 0 fully saturated rings. The number of carbonyl (C=O) groups is 4. The van der Waals surface area contributed by atoms with Crippen molar-refractivity contribution in [3.8, 4) is 46.0 Å². The summed E-state index contributed by atoms with van der Waals surface area (Å²) >= 11 is 0. The molecule has 728 valence electrons. The van der Waals surface area contributed by atoms with Crippen molar-refractivity contribution in [2.45, 2.75) is 261 Å². The summed E-state index contributed by atoms with van der Waals surface area (Å²) in [6.45, 7) is 36.9. The Morgan fingerprint density at radius 3 is 0.507 bits per heavy atom. The standard InChI is InChI=1S/C120H136N8O12/c1-17-21-25-29-65-133-105-57-49-101(50-58-105)125-121-97-41-33-81(34-42-97)113(129)137-109-85-69-87-75-94(118(8,9)10)77-89(110(87)138-114(130)82-35-43-98(44-36-82)122-126-102-51-59-106(60-52-102)134-66-30-26-22-18-2)71-91-79-96(120(14,15)16)80-92(112(91)140-116(132)84-39-47-100(48-40-84)124-128-104-55-63-108(64-56-104)136-68-32-28-24-20-4)72-90-78-95(119(11,12)13)76-88(70-86(109)74-93(73-85)117(5,6)7)111(90)139-115(131)83-37-45-99(46-38-83)123-127-103-53-61-107(62-54-103)135-67-31-27-23-19-3/h33-64,73-80H,17-32,65-72H2,1-16H3. The quantitative estimate of drug-likeness (QED) is 0.0151. The molecule has 0 heterocycles. The maximum Gasteiger partial charge on any atom is 0.343 e. The second-order valence-corrected chi connectivity index (χ2v) is 40.4. The molecule has 0 spiro atoms. The lowest BCUT2D eigenvalue weighted by molar-refractivity contribution is 0.0722. The Balaban J connectivity index is 0.961. The van der Waals surface area contributed by atoms with Crippen LogP contribution in [0, 0.1) is 0 Å². The number of ether oxygens (including phenoxy) is 8. The van der Waals surface area contributed by atoms with Crippen LogP contribution in [0.4, 0.5) is 45.5 Å². The van der Waals surface area contributed by atoms with E-state index in [9.17, 15) is 0 Å². The van der Waals surface area contributed by atoms with E-state index in [1.165, 1.54) is 25.7 Å². The molecular formula is C120H136N8O12. The van der Waals surface area contributed by atoms with Crippen LogP contribution >= 0.6 is 0 Å². The van der Waals surface area contributed by atoms with E-state index in [-0.39, 0.29) is 70.9 Å². The second-order valence-electron chi connectivity index (χ2n) is 40.4. The molecule has 8 bridgehead atoms. The fourth-order valence-electron chi connectivity index (χ4n) is 16.2. The molecule has 0 unspecified atom stereocenters. The molecule has 20 heteroatoms. The predicted octanol–water partition coefficient (Wildman–Crippen LogP) is 33.9. The third-order valence-corrected chi connectivity index (χ3v) is 24.7. The number of esters is 4. The van der Waals surface area contributed by atoms with E-state index in [0.29, 0.717) is 116 Å². The zero-order valence-electron chi connectivity index (χ0n) is 84.5. The Morgan fingerprint density at radius 2 is 0.364 bits per heavy atom. The molecule has 0 atom stereocenters. The largest absolute Gasteiger partial charge is 0.494 e. The lowest BCUT2D eigenvalue weighted by Crippen LogP contribution is -2.20. The Bertz CT molecular complexity index is 5440. The van der Waals surface area contributed by atoms with Crippen molar-refractivity contribution >= 4 is 69.4 Å². The SMILES string of the molecule is CCCCCCOc1ccc(N=Nc2ccc(C(=O)Oc3c4cc(C(C)(C)C)cc3Cc3cc(C(C)(C)C)cc(c3OC(=O)c3ccc(N=Nc5ccc(OCCCCCC)cc5)cc3)Cc3cc(C(C)(C)C)cc(c3OC(=O)c3ccc(N=Nc5ccc(OCCCCCC)cc5)cc3)Cc3cc(C(C)(C)C)cc(c3OC(=O)c3ccc(N=Nc5ccc(OCCCCCC)cc5)cc3)C4)cc2)cc1. The Morgan fingerprint density at radius 1 is 0.214 bits per heavy atom. The highest BCUT2D eigenvalue weighted by Crippen LogP contribution is 2.47. The normalized spacial score (nSPS) is 12.5. The molecule has 1 aliphatic carbocycles. The van der Waals surface area contributed by atoms with Gasteiger partial charge in [-0.05, 0) is 264 Å². The van der Waals surface area contributed by atoms with Gasteiger partial charge in [0.25, 0.3) is 0 Å². The number of rotatable bonds is 40. The van der Waals surface area contributed by atoms with Crippen molar-refractivity contribution < 1.29 is 57.1 Å². The number of azo groups is 4. The van der Waals surface area contributed by atoms with Gasteiger partial charge in [-0.25, -0.2) is 19.2 Å². The molecule has 12 aromatic rings. The van der Waals surface area contributed by atoms with Crippen LogP contribution in [-0.2, 0) is 47.3 Å². The molecule has 12 aromatic carbocycles. The zero-order valence-corrected chi connectivity index (χ0v) is 84.5. The molecule has 0 aliphatic heterocycles. The second kappa shape index (κ2) is 49.1. The summed E-state index contributed by atoms with van der Waals surface area (Å²) in [5.74, 6) is 1.29. The smallest absolute Gasteiger partial charge is 0.343 e. The number of fused-ring (bicyclic) bond motifs is 8. The minimum absolute atomic E-state index is 0.0200. The molecular weight excluding hydrogens is 1750 g/mol. The molecule has 140 heavy (non-hydrogen) atoms. The molecule has 20 nitrogen and oxygen atoms in total. The van der Waals surface area contributed by atoms with Crippen LogP contribution in [0.3, 0.4) is 0 Å². The first-order valence-corrected chi connectivity index (χ1v) is 49.9. The van der Waals surface area contributed by atoms with E-state index in [4.69, 9.17) is 37.9 Å². The first-order valence-electron chi connectivity index (χ1n) is 49.9. The molecule has 0 saturated heterocycles. The summed E-state index contributed by atoms with van der Waals surface area (Å²) in [5.41, 5.74) is 11.4. The van der Waals surface area contributed by atoms with Crippen molar-refractivity contribution in [1.29, 1.82) is 0 Å². The van der Waals surface area contributed by atoms with Crippen LogP contribution in [0.5, 0.6) is 46.0 Å². The number of hydrogen-bond acceptors (Lipinski definition) is 20. The summed E-state index contributed by atoms with van der Waals surface area (Å²) < 4.78 is 52.5. The van der Waals surface area contributed by atoms with Crippen molar-refractivity contribution in [2.75, 3.05) is 26.4 Å². The first-order chi connectivity index (χ1) is 67.3. The minimum Gasteiger partial charge on any atom is -0.494 e. The van der Waals surface area contributed by atoms with E-state index < -0.39 is 45.5 Å². The predicted molar refractivity (Wildman–Crippen MR) is 558 cm³/mol. The third-order valence-electron chi connectivity index (χ3n) is 24.7. The van der Waals surface area contributed by atoms with Gasteiger partial charge in [-0.3, -0.25) is 0 Å². The van der Waals surface area contributed by atoms with E-state index in [0.717, 1.165) is 122 Å². The van der Waals surface area contributed by atoms with Gasteiger partial charge in [-0.1, -0.05) is 236 Å². The molecule has 0 amide bonds. The Hall–Kier alpha value is -13.9. The van der Waals surface area contributed by atoms with Crippen LogP contribution in [0.15, 0.2) is 284 Å². The summed E-state index contributed by atoms with van der Waals surface area (Å²) in [6, 6.07) is 73.7. The van der Waals surface area contributed by atoms with Gasteiger partial charge in [-0.15, -0.1) is 0 Å². The molecule has 1 aliphatic rings. The van der Waals surface area contributed by atoms with Gasteiger partial charge in [0.2, 0.25) is 0 Å². The molecule has 0 saturated carbocycles. The van der Waals surface area contributed by atoms with Gasteiger partial charge >= 0.3 is 23.9 Å². The molecule has 0 N–H and O–H groups in total. The topological polar surface area (TPSA) is 241 Å². The van der Waals surface area contributed by atoms with Crippen molar-refractivity contribution in [3.05, 3.63) is 332 Å². The summed E-state index contributed by atoms with van der Waals surface area (Å²) in [7, 11) is 0. The van der Waals surface area contributed by atoms with Gasteiger partial charge in [-0.2, -0.15) is 40.9 Å². The van der Waals surface area contributed by atoms with Crippen LogP contribution in [0.1, 0.15) is 322 Å². The van der Waals surface area contributed by atoms with Crippen molar-refractivity contribution in [3.63, 3.8) is 0 Å². The molecule has 0 aromatic heterocycles. The van der Waals surface area contributed by atoms with E-state index in [2.05, 4.69) is 200 Å². The lowest BCUT2D eigenvalue weighted by Gasteiger charge is -2.29. The number of hydrogen-bond donors (Lipinski definition) is 0. The average molecular weight is 1880 g/mol. The van der Waals surface area contributed by atoms with Crippen molar-refractivity contribution in [2.24, 2.45) is 40.9 Å². The van der Waals surface area contributed by atoms with Crippen LogP contribution in [0.25, 0.3) is 0 Å². The number of unbranched alkanes of at least 4 members (excludes halogenated alkanes) is 12. The van der Waals surface area contributed by atoms with E-state index >= 15 is 19.2 Å². The highest BCUT2D eigenvalue weighted by atomic mass is 16.6. The van der Waals surface area contributed by atoms with E-state index in [1.54, 1.807) is 97.1 Å². The summed E-state index contributed by atoms with van der Waals surface area (Å²) in [6.07, 6.45) is 17.7. The van der Waals surface area contributed by atoms with Gasteiger partial charge in [0.15, 0.2) is 0 Å². The molecule has 13 rings (SSSR count). The molecule has 0 radical (unpaired) electrons.